The second-order valence-corrected chi connectivity index (χ2v) is 7.58. The van der Waals surface area contributed by atoms with Crippen molar-refractivity contribution < 1.29 is 13.0 Å². The summed E-state index contributed by atoms with van der Waals surface area (Å²) in [6.45, 7) is 0. The Morgan fingerprint density at radius 3 is 1.26 bits per heavy atom. The summed E-state index contributed by atoms with van der Waals surface area (Å²) in [5, 5.41) is 1.13. The molecule has 0 amide bonds. The minimum atomic E-state index is -3.74. The smallest absolute Gasteiger partial charge is 0.264 e. The maximum Gasteiger partial charge on any atom is 0.264 e. The van der Waals surface area contributed by atoms with Crippen LogP contribution >= 0.6 is 15.9 Å². The summed E-state index contributed by atoms with van der Waals surface area (Å²) in [5.41, 5.74) is 0. The van der Waals surface area contributed by atoms with Crippen LogP contribution in [-0.4, -0.2) is 24.1 Å². The van der Waals surface area contributed by atoms with Crippen LogP contribution in [0.15, 0.2) is 0 Å². The van der Waals surface area contributed by atoms with Crippen LogP contribution in [-0.2, 0) is 10.1 Å². The van der Waals surface area contributed by atoms with Crippen molar-refractivity contribution in [3.8, 4) is 0 Å². The molecule has 3 nitrogen and oxygen atoms in total. The molecular weight excluding hydrogens is 328 g/mol. The van der Waals surface area contributed by atoms with Gasteiger partial charge in [-0.25, -0.2) is 0 Å². The summed E-state index contributed by atoms with van der Waals surface area (Å²) < 4.78 is 29.5. The zero-order chi connectivity index (χ0) is 14.4. The first kappa shape index (κ1) is 19.4. The molecule has 0 saturated heterocycles. The Morgan fingerprint density at radius 1 is 0.632 bits per heavy atom. The molecule has 0 unspecified atom stereocenters. The first-order valence-electron chi connectivity index (χ1n) is 7.57. The molecule has 0 aliphatic heterocycles. The van der Waals surface area contributed by atoms with E-state index < -0.39 is 10.1 Å². The van der Waals surface area contributed by atoms with E-state index in [1.165, 1.54) is 57.8 Å². The minimum Gasteiger partial charge on any atom is -0.286 e. The number of unbranched alkanes of at least 4 members (excludes halogenated alkanes) is 11. The van der Waals surface area contributed by atoms with Crippen molar-refractivity contribution in [2.75, 3.05) is 11.1 Å². The molecule has 1 N–H and O–H groups in total. The fourth-order valence-corrected chi connectivity index (χ4v) is 3.11. The maximum atomic E-state index is 10.5. The van der Waals surface area contributed by atoms with E-state index in [-0.39, 0.29) is 5.75 Å². The number of alkyl halides is 1. The van der Waals surface area contributed by atoms with Gasteiger partial charge in [0.05, 0.1) is 5.75 Å². The molecule has 116 valence electrons. The van der Waals surface area contributed by atoms with Gasteiger partial charge in [-0.15, -0.1) is 0 Å². The third-order valence-electron chi connectivity index (χ3n) is 3.29. The van der Waals surface area contributed by atoms with Crippen LogP contribution in [0, 0.1) is 0 Å². The van der Waals surface area contributed by atoms with Gasteiger partial charge in [0.2, 0.25) is 0 Å². The Bertz CT molecular complexity index is 278. The van der Waals surface area contributed by atoms with Crippen LogP contribution in [0.25, 0.3) is 0 Å². The molecule has 0 aromatic heterocycles. The van der Waals surface area contributed by atoms with Crippen molar-refractivity contribution in [3.63, 3.8) is 0 Å². The van der Waals surface area contributed by atoms with Gasteiger partial charge in [-0.05, 0) is 12.8 Å². The molecule has 0 heterocycles. The van der Waals surface area contributed by atoms with E-state index in [4.69, 9.17) is 4.55 Å². The van der Waals surface area contributed by atoms with Gasteiger partial charge >= 0.3 is 0 Å². The number of halogens is 1. The third-order valence-corrected chi connectivity index (χ3v) is 4.65. The van der Waals surface area contributed by atoms with Crippen molar-refractivity contribution in [1.29, 1.82) is 0 Å². The van der Waals surface area contributed by atoms with Crippen molar-refractivity contribution in [3.05, 3.63) is 0 Å². The Hall–Kier alpha value is 0.390. The lowest BCUT2D eigenvalue weighted by Gasteiger charge is -2.02. The van der Waals surface area contributed by atoms with Gasteiger partial charge in [0, 0.05) is 5.33 Å². The standard InChI is InChI=1S/C14H29BrO3S/c15-13-11-9-7-5-3-1-2-4-6-8-10-12-14-19(16,17)18/h1-14H2,(H,16,17,18). The number of rotatable bonds is 14. The lowest BCUT2D eigenvalue weighted by molar-refractivity contribution is 0.478. The second kappa shape index (κ2) is 13.4. The van der Waals surface area contributed by atoms with Crippen molar-refractivity contribution in [2.45, 2.75) is 77.0 Å². The van der Waals surface area contributed by atoms with Crippen LogP contribution < -0.4 is 0 Å². The molecule has 0 radical (unpaired) electrons. The Morgan fingerprint density at radius 2 is 0.947 bits per heavy atom. The molecule has 0 fully saturated rings. The highest BCUT2D eigenvalue weighted by Gasteiger charge is 2.02. The van der Waals surface area contributed by atoms with E-state index in [1.54, 1.807) is 0 Å². The fourth-order valence-electron chi connectivity index (χ4n) is 2.15. The van der Waals surface area contributed by atoms with Crippen LogP contribution in [0.1, 0.15) is 77.0 Å². The predicted octanol–water partition coefficient (Wildman–Crippen LogP) is 4.95. The van der Waals surface area contributed by atoms with Gasteiger partial charge in [-0.1, -0.05) is 80.1 Å². The fraction of sp³-hybridized carbons (Fsp3) is 1.00. The maximum absolute atomic E-state index is 10.5. The Balaban J connectivity index is 3.03. The van der Waals surface area contributed by atoms with Crippen LogP contribution in [0.5, 0.6) is 0 Å². The summed E-state index contributed by atoms with van der Waals surface area (Å²) in [4.78, 5) is 0. The molecule has 0 atom stereocenters. The van der Waals surface area contributed by atoms with E-state index in [2.05, 4.69) is 15.9 Å². The molecule has 0 spiro atoms. The van der Waals surface area contributed by atoms with Gasteiger partial charge in [-0.2, -0.15) is 8.42 Å². The third kappa shape index (κ3) is 18.4. The average molecular weight is 357 g/mol. The summed E-state index contributed by atoms with van der Waals surface area (Å²) in [6.07, 6.45) is 14.4. The lowest BCUT2D eigenvalue weighted by Crippen LogP contribution is -2.03. The number of hydrogen-bond donors (Lipinski definition) is 1. The number of hydrogen-bond acceptors (Lipinski definition) is 2. The van der Waals surface area contributed by atoms with E-state index in [0.29, 0.717) is 6.42 Å². The van der Waals surface area contributed by atoms with E-state index >= 15 is 0 Å². The van der Waals surface area contributed by atoms with E-state index in [9.17, 15) is 8.42 Å². The quantitative estimate of drug-likeness (QED) is 0.272. The average Bonchev–Trinajstić information content (AvgIpc) is 2.34. The molecule has 0 aliphatic carbocycles. The Kier molecular flexibility index (Phi) is 13.7. The SMILES string of the molecule is O=S(=O)(O)CCCCCCCCCCCCCCBr. The van der Waals surface area contributed by atoms with E-state index in [0.717, 1.165) is 18.2 Å². The largest absolute Gasteiger partial charge is 0.286 e. The van der Waals surface area contributed by atoms with Crippen molar-refractivity contribution >= 4 is 26.0 Å². The molecule has 5 heteroatoms. The van der Waals surface area contributed by atoms with Gasteiger partial charge < -0.3 is 0 Å². The first-order valence-corrected chi connectivity index (χ1v) is 10.3. The Labute approximate surface area is 127 Å². The zero-order valence-electron chi connectivity index (χ0n) is 11.9. The molecule has 0 aliphatic rings. The lowest BCUT2D eigenvalue weighted by atomic mass is 10.1. The van der Waals surface area contributed by atoms with Gasteiger partial charge in [-0.3, -0.25) is 4.55 Å². The van der Waals surface area contributed by atoms with Crippen molar-refractivity contribution in [1.82, 2.24) is 0 Å². The van der Waals surface area contributed by atoms with Crippen LogP contribution in [0.3, 0.4) is 0 Å². The van der Waals surface area contributed by atoms with E-state index in [1.807, 2.05) is 0 Å². The topological polar surface area (TPSA) is 54.4 Å². The van der Waals surface area contributed by atoms with Gasteiger partial charge in [0.25, 0.3) is 10.1 Å². The first-order chi connectivity index (χ1) is 9.06. The molecule has 19 heavy (non-hydrogen) atoms. The van der Waals surface area contributed by atoms with Gasteiger partial charge in [0.15, 0.2) is 0 Å². The highest BCUT2D eigenvalue weighted by molar-refractivity contribution is 9.09. The molecule has 0 aromatic carbocycles. The highest BCUT2D eigenvalue weighted by atomic mass is 79.9. The highest BCUT2D eigenvalue weighted by Crippen LogP contribution is 2.12. The molecule has 0 saturated carbocycles. The summed E-state index contributed by atoms with van der Waals surface area (Å²) in [6, 6.07) is 0. The monoisotopic (exact) mass is 356 g/mol. The molecule has 0 bridgehead atoms. The van der Waals surface area contributed by atoms with Gasteiger partial charge in [0.1, 0.15) is 0 Å². The predicted molar refractivity (Wildman–Crippen MR) is 85.6 cm³/mol. The molecular formula is C14H29BrO3S. The molecule has 0 rings (SSSR count). The second-order valence-electron chi connectivity index (χ2n) is 5.22. The summed E-state index contributed by atoms with van der Waals surface area (Å²) >= 11 is 3.44. The normalized spacial score (nSPS) is 11.9. The minimum absolute atomic E-state index is 0.0819. The summed E-state index contributed by atoms with van der Waals surface area (Å²) in [7, 11) is -3.74. The van der Waals surface area contributed by atoms with Crippen LogP contribution in [0.2, 0.25) is 0 Å². The summed E-state index contributed by atoms with van der Waals surface area (Å²) in [5.74, 6) is -0.0819. The molecule has 0 aromatic rings. The zero-order valence-corrected chi connectivity index (χ0v) is 14.4. The van der Waals surface area contributed by atoms with Crippen LogP contribution in [0.4, 0.5) is 0 Å². The van der Waals surface area contributed by atoms with Crippen molar-refractivity contribution in [2.24, 2.45) is 0 Å².